The Kier molecular flexibility index (Phi) is 3.88. The third kappa shape index (κ3) is 2.61. The predicted molar refractivity (Wildman–Crippen MR) is 68.3 cm³/mol. The second-order valence-electron chi connectivity index (χ2n) is 3.56. The van der Waals surface area contributed by atoms with Gasteiger partial charge in [-0.3, -0.25) is 0 Å². The van der Waals surface area contributed by atoms with Gasteiger partial charge in [0.05, 0.1) is 14.2 Å². The Morgan fingerprint density at radius 2 is 1.74 bits per heavy atom. The lowest BCUT2D eigenvalue weighted by Gasteiger charge is -2.17. The lowest BCUT2D eigenvalue weighted by atomic mass is 10.1. The molecule has 2 N–H and O–H groups in total. The Morgan fingerprint density at radius 3 is 2.32 bits per heavy atom. The summed E-state index contributed by atoms with van der Waals surface area (Å²) in [5.74, 6) is -0.937. The van der Waals surface area contributed by atoms with Crippen molar-refractivity contribution in [2.45, 2.75) is 0 Å². The summed E-state index contributed by atoms with van der Waals surface area (Å²) in [7, 11) is 2.74. The van der Waals surface area contributed by atoms with Crippen molar-refractivity contribution in [1.82, 2.24) is 9.97 Å². The number of nitrogens with zero attached hydrogens (tertiary/aromatic N) is 3. The van der Waals surface area contributed by atoms with Crippen LogP contribution < -0.4 is 11.0 Å². The van der Waals surface area contributed by atoms with Crippen molar-refractivity contribution in [2.24, 2.45) is 0 Å². The molecule has 0 unspecified atom stereocenters. The zero-order valence-electron chi connectivity index (χ0n) is 10.5. The molecule has 0 amide bonds. The summed E-state index contributed by atoms with van der Waals surface area (Å²) in [5.41, 5.74) is 6.21. The molecule has 100 valence electrons. The zero-order valence-corrected chi connectivity index (χ0v) is 10.5. The Hall–Kier alpha value is -2.25. The van der Waals surface area contributed by atoms with Gasteiger partial charge in [-0.25, -0.2) is 19.0 Å². The van der Waals surface area contributed by atoms with Crippen LogP contribution in [0.15, 0.2) is 30.3 Å². The van der Waals surface area contributed by atoms with E-state index in [0.717, 1.165) is 5.23 Å². The standard InChI is InChI=1S/C12H13FN4O2/c1-18-17(19-2)12-15-10(9(13)11(14)16-12)8-6-4-3-5-7-8/h3-7H,1-2H3,(H2,14,15,16). The van der Waals surface area contributed by atoms with Crippen LogP contribution >= 0.6 is 0 Å². The van der Waals surface area contributed by atoms with Crippen LogP contribution in [0.4, 0.5) is 16.2 Å². The lowest BCUT2D eigenvalue weighted by Crippen LogP contribution is -2.23. The lowest BCUT2D eigenvalue weighted by molar-refractivity contribution is -0.0470. The molecule has 0 atom stereocenters. The van der Waals surface area contributed by atoms with Gasteiger partial charge in [-0.1, -0.05) is 35.6 Å². The number of nitrogens with two attached hydrogens (primary N) is 1. The highest BCUT2D eigenvalue weighted by Gasteiger charge is 2.17. The quantitative estimate of drug-likeness (QED) is 0.849. The summed E-state index contributed by atoms with van der Waals surface area (Å²) in [6, 6.07) is 8.81. The second kappa shape index (κ2) is 5.59. The van der Waals surface area contributed by atoms with Crippen LogP contribution in [0.25, 0.3) is 11.3 Å². The normalized spacial score (nSPS) is 10.5. The van der Waals surface area contributed by atoms with Gasteiger partial charge in [-0.15, -0.1) is 0 Å². The molecule has 1 aromatic heterocycles. The van der Waals surface area contributed by atoms with E-state index < -0.39 is 5.82 Å². The van der Waals surface area contributed by atoms with Gasteiger partial charge in [-0.2, -0.15) is 4.98 Å². The highest BCUT2D eigenvalue weighted by atomic mass is 19.1. The van der Waals surface area contributed by atoms with Crippen LogP contribution in [-0.2, 0) is 9.68 Å². The van der Waals surface area contributed by atoms with E-state index in [9.17, 15) is 4.39 Å². The van der Waals surface area contributed by atoms with Gasteiger partial charge in [0, 0.05) is 5.56 Å². The number of benzene rings is 1. The van der Waals surface area contributed by atoms with Crippen LogP contribution in [0, 0.1) is 5.82 Å². The molecule has 0 radical (unpaired) electrons. The molecule has 2 rings (SSSR count). The first-order valence-electron chi connectivity index (χ1n) is 5.44. The van der Waals surface area contributed by atoms with Crippen LogP contribution in [0.5, 0.6) is 0 Å². The van der Waals surface area contributed by atoms with Crippen LogP contribution in [0.2, 0.25) is 0 Å². The maximum Gasteiger partial charge on any atom is 0.280 e. The second-order valence-corrected chi connectivity index (χ2v) is 3.56. The maximum atomic E-state index is 14.0. The van der Waals surface area contributed by atoms with E-state index in [4.69, 9.17) is 15.4 Å². The largest absolute Gasteiger partial charge is 0.381 e. The molecule has 0 fully saturated rings. The van der Waals surface area contributed by atoms with Crippen LogP contribution in [-0.4, -0.2) is 24.2 Å². The van der Waals surface area contributed by atoms with Crippen molar-refractivity contribution >= 4 is 11.8 Å². The van der Waals surface area contributed by atoms with Crippen molar-refractivity contribution < 1.29 is 14.1 Å². The molecule has 6 nitrogen and oxygen atoms in total. The van der Waals surface area contributed by atoms with E-state index in [1.165, 1.54) is 14.2 Å². The van der Waals surface area contributed by atoms with Gasteiger partial charge in [-0.05, 0) is 0 Å². The van der Waals surface area contributed by atoms with Gasteiger partial charge >= 0.3 is 0 Å². The molecule has 2 aromatic rings. The minimum absolute atomic E-state index is 0.0164. The number of halogens is 1. The number of anilines is 2. The van der Waals surface area contributed by atoms with Crippen molar-refractivity contribution in [3.8, 4) is 11.3 Å². The molecule has 0 aliphatic rings. The maximum absolute atomic E-state index is 14.0. The van der Waals surface area contributed by atoms with E-state index in [1.54, 1.807) is 24.3 Å². The molecular formula is C12H13FN4O2. The van der Waals surface area contributed by atoms with Crippen molar-refractivity contribution in [2.75, 3.05) is 25.2 Å². The monoisotopic (exact) mass is 264 g/mol. The summed E-state index contributed by atoms with van der Waals surface area (Å²) < 4.78 is 14.0. The van der Waals surface area contributed by atoms with Gasteiger partial charge in [0.1, 0.15) is 5.69 Å². The van der Waals surface area contributed by atoms with Gasteiger partial charge in [0.15, 0.2) is 11.6 Å². The molecule has 0 aliphatic heterocycles. The zero-order chi connectivity index (χ0) is 13.8. The Balaban J connectivity index is 2.55. The summed E-state index contributed by atoms with van der Waals surface area (Å²) in [6.45, 7) is 0. The third-order valence-corrected chi connectivity index (χ3v) is 2.41. The summed E-state index contributed by atoms with van der Waals surface area (Å²) in [6.07, 6.45) is 0. The molecule has 0 bridgehead atoms. The fourth-order valence-corrected chi connectivity index (χ4v) is 1.56. The molecule has 0 aliphatic carbocycles. The smallest absolute Gasteiger partial charge is 0.280 e. The average molecular weight is 264 g/mol. The van der Waals surface area contributed by atoms with E-state index in [2.05, 4.69) is 9.97 Å². The van der Waals surface area contributed by atoms with Gasteiger partial charge in [0.2, 0.25) is 0 Å². The van der Waals surface area contributed by atoms with Gasteiger partial charge < -0.3 is 5.73 Å². The molecule has 7 heteroatoms. The molecule has 1 aromatic carbocycles. The van der Waals surface area contributed by atoms with Crippen LogP contribution in [0.3, 0.4) is 0 Å². The minimum Gasteiger partial charge on any atom is -0.381 e. The van der Waals surface area contributed by atoms with E-state index in [0.29, 0.717) is 5.56 Å². The molecule has 1 heterocycles. The first kappa shape index (κ1) is 13.2. The van der Waals surface area contributed by atoms with Gasteiger partial charge in [0.25, 0.3) is 5.95 Å². The van der Waals surface area contributed by atoms with E-state index in [1.807, 2.05) is 6.07 Å². The minimum atomic E-state index is -0.679. The van der Waals surface area contributed by atoms with Crippen LogP contribution in [0.1, 0.15) is 0 Å². The topological polar surface area (TPSA) is 73.5 Å². The fraction of sp³-hybridized carbons (Fsp3) is 0.167. The fourth-order valence-electron chi connectivity index (χ4n) is 1.56. The summed E-state index contributed by atoms with van der Waals surface area (Å²) in [4.78, 5) is 17.6. The number of nitrogen functional groups attached to an aromatic ring is 1. The SMILES string of the molecule is CON(OC)c1nc(N)c(F)c(-c2ccccc2)n1. The Labute approximate surface area is 109 Å². The average Bonchev–Trinajstić information content (AvgIpc) is 2.44. The first-order valence-corrected chi connectivity index (χ1v) is 5.44. The highest BCUT2D eigenvalue weighted by Crippen LogP contribution is 2.25. The molecule has 0 saturated carbocycles. The number of rotatable bonds is 4. The molecule has 0 saturated heterocycles. The third-order valence-electron chi connectivity index (χ3n) is 2.41. The van der Waals surface area contributed by atoms with E-state index >= 15 is 0 Å². The predicted octanol–water partition coefficient (Wildman–Crippen LogP) is 1.79. The summed E-state index contributed by atoms with van der Waals surface area (Å²) >= 11 is 0. The number of aromatic nitrogens is 2. The first-order chi connectivity index (χ1) is 9.17. The Morgan fingerprint density at radius 1 is 1.11 bits per heavy atom. The highest BCUT2D eigenvalue weighted by molar-refractivity contribution is 5.64. The summed E-state index contributed by atoms with van der Waals surface area (Å²) in [5, 5.41) is 0.933. The molecular weight excluding hydrogens is 251 g/mol. The number of hydrogen-bond donors (Lipinski definition) is 1. The van der Waals surface area contributed by atoms with Crippen molar-refractivity contribution in [3.05, 3.63) is 36.1 Å². The number of hydrogen-bond acceptors (Lipinski definition) is 6. The van der Waals surface area contributed by atoms with Crippen molar-refractivity contribution in [3.63, 3.8) is 0 Å². The Bertz CT molecular complexity index is 561. The molecule has 0 spiro atoms. The molecule has 19 heavy (non-hydrogen) atoms. The van der Waals surface area contributed by atoms with Crippen molar-refractivity contribution in [1.29, 1.82) is 0 Å². The van der Waals surface area contributed by atoms with E-state index in [-0.39, 0.29) is 17.5 Å².